The molecule has 0 spiro atoms. The molecule has 0 N–H and O–H groups in total. The van der Waals surface area contributed by atoms with Crippen LogP contribution in [0.2, 0.25) is 0 Å². The minimum atomic E-state index is -0.311. The SMILES string of the molecule is O=C(C(CCl)C1=CC(Br)(Br)CS1)C(CCl)C1=CC(Br)(Br)CS1. The number of carbonyl (C=O) groups excluding carboxylic acids is 1. The quantitative estimate of drug-likeness (QED) is 0.310. The summed E-state index contributed by atoms with van der Waals surface area (Å²) in [4.78, 5) is 15.0. The van der Waals surface area contributed by atoms with Crippen molar-refractivity contribution in [1.29, 1.82) is 0 Å². The van der Waals surface area contributed by atoms with Gasteiger partial charge in [-0.15, -0.1) is 46.7 Å². The molecule has 2 aliphatic rings. The Bertz CT molecular complexity index is 478. The predicted molar refractivity (Wildman–Crippen MR) is 116 cm³/mol. The summed E-state index contributed by atoms with van der Waals surface area (Å²) in [5.74, 6) is 1.68. The smallest absolute Gasteiger partial charge is 0.151 e. The Morgan fingerprint density at radius 3 is 1.59 bits per heavy atom. The molecule has 2 aliphatic heterocycles. The molecule has 124 valence electrons. The number of rotatable bonds is 6. The van der Waals surface area contributed by atoms with Crippen molar-refractivity contribution in [1.82, 2.24) is 0 Å². The molecule has 0 aromatic heterocycles. The summed E-state index contributed by atoms with van der Waals surface area (Å²) >= 11 is 29.8. The second kappa shape index (κ2) is 8.36. The zero-order valence-corrected chi connectivity index (χ0v) is 20.6. The van der Waals surface area contributed by atoms with E-state index in [4.69, 9.17) is 23.2 Å². The van der Waals surface area contributed by atoms with Gasteiger partial charge < -0.3 is 0 Å². The van der Waals surface area contributed by atoms with Gasteiger partial charge in [0.1, 0.15) is 6.47 Å². The molecule has 0 amide bonds. The minimum Gasteiger partial charge on any atom is -0.298 e. The number of Topliss-reactive ketones (excluding diaryl/α,β-unsaturated/α-hetero) is 1. The standard InChI is InChI=1S/C13H12Br4Cl2OS2/c14-12(15)1-9(21-5-12)7(3-18)11(20)8(4-19)10-2-13(16,17)6-22-10/h1-2,7-8H,3-6H2. The van der Waals surface area contributed by atoms with E-state index in [1.165, 1.54) is 0 Å². The number of ketones is 1. The monoisotopic (exact) mass is 634 g/mol. The van der Waals surface area contributed by atoms with Gasteiger partial charge in [-0.25, -0.2) is 0 Å². The maximum Gasteiger partial charge on any atom is 0.151 e. The molecule has 0 aromatic rings. The number of thioether (sulfide) groups is 2. The molecule has 0 aliphatic carbocycles. The molecule has 0 saturated carbocycles. The Kier molecular flexibility index (Phi) is 7.85. The lowest BCUT2D eigenvalue weighted by molar-refractivity contribution is -0.123. The van der Waals surface area contributed by atoms with Crippen molar-refractivity contribution in [3.63, 3.8) is 0 Å². The van der Waals surface area contributed by atoms with E-state index >= 15 is 0 Å². The Morgan fingerprint density at radius 1 is 1.00 bits per heavy atom. The summed E-state index contributed by atoms with van der Waals surface area (Å²) in [5, 5.41) is 0. The van der Waals surface area contributed by atoms with Gasteiger partial charge in [-0.05, 0) is 22.0 Å². The van der Waals surface area contributed by atoms with Crippen LogP contribution in [-0.4, -0.2) is 35.5 Å². The molecule has 9 heteroatoms. The van der Waals surface area contributed by atoms with Crippen molar-refractivity contribution in [2.75, 3.05) is 23.3 Å². The van der Waals surface area contributed by atoms with Crippen molar-refractivity contribution >= 4 is 116 Å². The van der Waals surface area contributed by atoms with Crippen LogP contribution in [0, 0.1) is 11.8 Å². The summed E-state index contributed by atoms with van der Waals surface area (Å²) < 4.78 is -0.493. The molecule has 2 rings (SSSR count). The third-order valence-corrected chi connectivity index (χ3v) is 10.1. The van der Waals surface area contributed by atoms with Crippen LogP contribution >= 0.6 is 110 Å². The molecule has 2 unspecified atom stereocenters. The van der Waals surface area contributed by atoms with Gasteiger partial charge in [0, 0.05) is 23.3 Å². The van der Waals surface area contributed by atoms with Crippen molar-refractivity contribution in [2.24, 2.45) is 11.8 Å². The lowest BCUT2D eigenvalue weighted by Crippen LogP contribution is -2.27. The van der Waals surface area contributed by atoms with Crippen molar-refractivity contribution < 1.29 is 4.79 Å². The molecular formula is C13H12Br4Cl2OS2. The third kappa shape index (κ3) is 5.18. The van der Waals surface area contributed by atoms with Crippen LogP contribution in [0.3, 0.4) is 0 Å². The molecule has 0 saturated heterocycles. The van der Waals surface area contributed by atoms with Crippen molar-refractivity contribution in [3.8, 4) is 0 Å². The van der Waals surface area contributed by atoms with E-state index in [1.54, 1.807) is 23.5 Å². The van der Waals surface area contributed by atoms with E-state index in [9.17, 15) is 4.79 Å². The van der Waals surface area contributed by atoms with E-state index < -0.39 is 0 Å². The number of hydrogen-bond acceptors (Lipinski definition) is 3. The highest BCUT2D eigenvalue weighted by Gasteiger charge is 2.39. The predicted octanol–water partition coefficient (Wildman–Crippen LogP) is 6.50. The highest BCUT2D eigenvalue weighted by atomic mass is 79.9. The van der Waals surface area contributed by atoms with Crippen LogP contribution in [0.15, 0.2) is 22.0 Å². The highest BCUT2D eigenvalue weighted by molar-refractivity contribution is 9.26. The normalized spacial score (nSPS) is 25.5. The van der Waals surface area contributed by atoms with Gasteiger partial charge in [-0.3, -0.25) is 4.79 Å². The molecule has 0 fully saturated rings. The van der Waals surface area contributed by atoms with E-state index in [1.807, 2.05) is 12.2 Å². The highest BCUT2D eigenvalue weighted by Crippen LogP contribution is 2.49. The number of allylic oxidation sites excluding steroid dienone is 4. The van der Waals surface area contributed by atoms with Gasteiger partial charge in [-0.1, -0.05) is 63.7 Å². The van der Waals surface area contributed by atoms with Crippen LogP contribution in [0.1, 0.15) is 0 Å². The number of hydrogen-bond donors (Lipinski definition) is 0. The van der Waals surface area contributed by atoms with E-state index in [0.717, 1.165) is 21.3 Å². The van der Waals surface area contributed by atoms with Crippen LogP contribution in [0.25, 0.3) is 0 Å². The fourth-order valence-electron chi connectivity index (χ4n) is 2.17. The first-order chi connectivity index (χ1) is 10.2. The van der Waals surface area contributed by atoms with Gasteiger partial charge in [0.25, 0.3) is 0 Å². The lowest BCUT2D eigenvalue weighted by atomic mass is 9.93. The van der Waals surface area contributed by atoms with Gasteiger partial charge >= 0.3 is 0 Å². The van der Waals surface area contributed by atoms with Crippen LogP contribution in [0.4, 0.5) is 0 Å². The largest absolute Gasteiger partial charge is 0.298 e. The first-order valence-corrected chi connectivity index (χ1v) is 12.5. The van der Waals surface area contributed by atoms with Gasteiger partial charge in [0.15, 0.2) is 5.78 Å². The van der Waals surface area contributed by atoms with Gasteiger partial charge in [0.2, 0.25) is 0 Å². The lowest BCUT2D eigenvalue weighted by Gasteiger charge is -2.20. The molecule has 2 atom stereocenters. The second-order valence-electron chi connectivity index (χ2n) is 5.01. The van der Waals surface area contributed by atoms with Crippen LogP contribution < -0.4 is 0 Å². The molecule has 22 heavy (non-hydrogen) atoms. The van der Waals surface area contributed by atoms with Crippen LogP contribution in [-0.2, 0) is 4.79 Å². The number of alkyl halides is 6. The number of carbonyl (C=O) groups is 1. The molecule has 0 bridgehead atoms. The maximum atomic E-state index is 13.0. The average molecular weight is 639 g/mol. The average Bonchev–Trinajstić information content (AvgIpc) is 2.94. The Hall–Kier alpha value is 2.35. The topological polar surface area (TPSA) is 17.1 Å². The summed E-state index contributed by atoms with van der Waals surface area (Å²) in [7, 11) is 0. The summed E-state index contributed by atoms with van der Waals surface area (Å²) in [6.45, 7) is 0. The van der Waals surface area contributed by atoms with E-state index in [-0.39, 0.29) is 35.8 Å². The summed E-state index contributed by atoms with van der Waals surface area (Å²) in [5.41, 5.74) is 0. The van der Waals surface area contributed by atoms with Crippen LogP contribution in [0.5, 0.6) is 0 Å². The Labute approximate surface area is 182 Å². The van der Waals surface area contributed by atoms with E-state index in [0.29, 0.717) is 0 Å². The summed E-state index contributed by atoms with van der Waals surface area (Å²) in [6, 6.07) is 0. The molecule has 1 nitrogen and oxygen atoms in total. The zero-order valence-electron chi connectivity index (χ0n) is 11.1. The summed E-state index contributed by atoms with van der Waals surface area (Å²) in [6.07, 6.45) is 4.06. The molecule has 0 aromatic carbocycles. The maximum absolute atomic E-state index is 13.0. The fourth-order valence-corrected chi connectivity index (χ4v) is 8.21. The second-order valence-corrected chi connectivity index (χ2v) is 15.5. The minimum absolute atomic E-state index is 0.0953. The van der Waals surface area contributed by atoms with Gasteiger partial charge in [0.05, 0.1) is 11.8 Å². The Balaban J connectivity index is 2.20. The Morgan fingerprint density at radius 2 is 1.36 bits per heavy atom. The van der Waals surface area contributed by atoms with Crippen molar-refractivity contribution in [3.05, 3.63) is 22.0 Å². The van der Waals surface area contributed by atoms with Gasteiger partial charge in [-0.2, -0.15) is 0 Å². The molecule has 2 heterocycles. The number of halogens is 6. The van der Waals surface area contributed by atoms with Crippen molar-refractivity contribution in [2.45, 2.75) is 6.47 Å². The molecule has 0 radical (unpaired) electrons. The first kappa shape index (κ1) is 20.7. The third-order valence-electron chi connectivity index (χ3n) is 3.25. The zero-order chi connectivity index (χ0) is 16.5. The molecular weight excluding hydrogens is 627 g/mol. The van der Waals surface area contributed by atoms with E-state index in [2.05, 4.69) is 63.7 Å². The fraction of sp³-hybridized carbons (Fsp3) is 0.615. The first-order valence-electron chi connectivity index (χ1n) is 6.31.